The maximum Gasteiger partial charge on any atom is 0.270 e. The molecule has 1 N–H and O–H groups in total. The zero-order chi connectivity index (χ0) is 13.1. The highest BCUT2D eigenvalue weighted by atomic mass is 32.1. The van der Waals surface area contributed by atoms with Crippen LogP contribution in [0, 0.1) is 16.0 Å². The van der Waals surface area contributed by atoms with E-state index < -0.39 is 0 Å². The molecule has 0 saturated heterocycles. The third kappa shape index (κ3) is 2.95. The van der Waals surface area contributed by atoms with Crippen LogP contribution in [0.2, 0.25) is 0 Å². The Balaban J connectivity index is 2.14. The monoisotopic (exact) mass is 265 g/mol. The Bertz CT molecular complexity index is 565. The number of aromatic nitrogens is 1. The number of hydrogen-bond donors (Lipinski definition) is 1. The zero-order valence-electron chi connectivity index (χ0n) is 10.3. The summed E-state index contributed by atoms with van der Waals surface area (Å²) in [6.07, 6.45) is 1.08. The van der Waals surface area contributed by atoms with Crippen molar-refractivity contribution in [1.82, 2.24) is 4.98 Å². The van der Waals surface area contributed by atoms with E-state index in [1.807, 2.05) is 0 Å². The number of nitrogens with zero attached hydrogens (tertiary/aromatic N) is 2. The number of benzene rings is 1. The van der Waals surface area contributed by atoms with Crippen LogP contribution in [0.5, 0.6) is 0 Å². The highest BCUT2D eigenvalue weighted by Gasteiger charge is 2.09. The maximum atomic E-state index is 10.7. The highest BCUT2D eigenvalue weighted by molar-refractivity contribution is 7.22. The van der Waals surface area contributed by atoms with Gasteiger partial charge in [-0.3, -0.25) is 10.1 Å². The van der Waals surface area contributed by atoms with E-state index in [-0.39, 0.29) is 10.6 Å². The van der Waals surface area contributed by atoms with Gasteiger partial charge in [0, 0.05) is 18.7 Å². The molecule has 18 heavy (non-hydrogen) atoms. The molecule has 1 heterocycles. The van der Waals surface area contributed by atoms with Crippen molar-refractivity contribution in [1.29, 1.82) is 0 Å². The van der Waals surface area contributed by atoms with Gasteiger partial charge in [-0.15, -0.1) is 0 Å². The molecule has 1 aromatic heterocycles. The fourth-order valence-corrected chi connectivity index (χ4v) is 2.49. The lowest BCUT2D eigenvalue weighted by atomic mass is 10.1. The van der Waals surface area contributed by atoms with Gasteiger partial charge in [0.05, 0.1) is 15.1 Å². The lowest BCUT2D eigenvalue weighted by Crippen LogP contribution is -2.03. The minimum absolute atomic E-state index is 0.111. The van der Waals surface area contributed by atoms with Crippen LogP contribution in [0.4, 0.5) is 10.8 Å². The Hall–Kier alpha value is -1.69. The fraction of sp³-hybridized carbons (Fsp3) is 0.417. The van der Waals surface area contributed by atoms with Crippen molar-refractivity contribution in [2.24, 2.45) is 5.92 Å². The molecule has 0 fully saturated rings. The van der Waals surface area contributed by atoms with Crippen LogP contribution in [0.1, 0.15) is 20.3 Å². The number of anilines is 1. The second-order valence-corrected chi connectivity index (χ2v) is 5.57. The van der Waals surface area contributed by atoms with Crippen molar-refractivity contribution in [2.75, 3.05) is 11.9 Å². The van der Waals surface area contributed by atoms with Crippen molar-refractivity contribution in [3.8, 4) is 0 Å². The largest absolute Gasteiger partial charge is 0.361 e. The summed E-state index contributed by atoms with van der Waals surface area (Å²) in [5, 5.41) is 14.7. The molecule has 96 valence electrons. The van der Waals surface area contributed by atoms with E-state index in [0.29, 0.717) is 5.92 Å². The lowest BCUT2D eigenvalue weighted by molar-refractivity contribution is -0.384. The number of hydrogen-bond acceptors (Lipinski definition) is 5. The van der Waals surface area contributed by atoms with Crippen LogP contribution >= 0.6 is 11.3 Å². The molecule has 0 aliphatic rings. The first-order chi connectivity index (χ1) is 8.56. The number of nitro groups is 1. The van der Waals surface area contributed by atoms with Crippen molar-refractivity contribution < 1.29 is 4.92 Å². The van der Waals surface area contributed by atoms with Crippen molar-refractivity contribution >= 4 is 32.4 Å². The summed E-state index contributed by atoms with van der Waals surface area (Å²) in [7, 11) is 0. The normalized spacial score (nSPS) is 11.1. The summed E-state index contributed by atoms with van der Waals surface area (Å²) < 4.78 is 0.844. The third-order valence-electron chi connectivity index (χ3n) is 2.58. The van der Waals surface area contributed by atoms with Crippen molar-refractivity contribution in [3.63, 3.8) is 0 Å². The SMILES string of the molecule is CC(C)CCNc1nc2ccc([N+](=O)[O-])cc2s1. The molecule has 1 aromatic carbocycles. The van der Waals surface area contributed by atoms with Gasteiger partial charge in [-0.05, 0) is 18.4 Å². The van der Waals surface area contributed by atoms with E-state index in [4.69, 9.17) is 0 Å². The van der Waals surface area contributed by atoms with Crippen LogP contribution < -0.4 is 5.32 Å². The van der Waals surface area contributed by atoms with Crippen LogP contribution in [-0.2, 0) is 0 Å². The molecule has 6 heteroatoms. The summed E-state index contributed by atoms with van der Waals surface area (Å²) in [5.74, 6) is 0.646. The number of rotatable bonds is 5. The van der Waals surface area contributed by atoms with Crippen LogP contribution in [-0.4, -0.2) is 16.5 Å². The van der Waals surface area contributed by atoms with E-state index >= 15 is 0 Å². The average molecular weight is 265 g/mol. The molecule has 2 rings (SSSR count). The van der Waals surface area contributed by atoms with Crippen LogP contribution in [0.3, 0.4) is 0 Å². The van der Waals surface area contributed by atoms with Gasteiger partial charge >= 0.3 is 0 Å². The third-order valence-corrected chi connectivity index (χ3v) is 3.56. The summed E-state index contributed by atoms with van der Waals surface area (Å²) >= 11 is 1.45. The standard InChI is InChI=1S/C12H15N3O2S/c1-8(2)5-6-13-12-14-10-4-3-9(15(16)17)7-11(10)18-12/h3-4,7-8H,5-6H2,1-2H3,(H,13,14). The van der Waals surface area contributed by atoms with Gasteiger partial charge in [0.1, 0.15) is 0 Å². The zero-order valence-corrected chi connectivity index (χ0v) is 11.2. The van der Waals surface area contributed by atoms with Gasteiger partial charge in [0.2, 0.25) is 0 Å². The Morgan fingerprint density at radius 1 is 1.50 bits per heavy atom. The first-order valence-corrected chi connectivity index (χ1v) is 6.67. The molecule has 0 saturated carbocycles. The molecule has 0 spiro atoms. The minimum atomic E-state index is -0.384. The minimum Gasteiger partial charge on any atom is -0.361 e. The molecule has 0 bridgehead atoms. The van der Waals surface area contributed by atoms with E-state index in [9.17, 15) is 10.1 Å². The van der Waals surface area contributed by atoms with E-state index in [2.05, 4.69) is 24.1 Å². The van der Waals surface area contributed by atoms with Gasteiger partial charge in [0.15, 0.2) is 5.13 Å². The summed E-state index contributed by atoms with van der Waals surface area (Å²) in [6.45, 7) is 5.21. The van der Waals surface area contributed by atoms with E-state index in [0.717, 1.165) is 28.3 Å². The smallest absolute Gasteiger partial charge is 0.270 e. The Labute approximate surface area is 109 Å². The first-order valence-electron chi connectivity index (χ1n) is 5.85. The predicted molar refractivity (Wildman–Crippen MR) is 74.2 cm³/mol. The Morgan fingerprint density at radius 2 is 2.28 bits per heavy atom. The summed E-state index contributed by atoms with van der Waals surface area (Å²) in [6, 6.07) is 4.75. The first kappa shape index (κ1) is 12.8. The summed E-state index contributed by atoms with van der Waals surface area (Å²) in [4.78, 5) is 14.7. The molecule has 0 amide bonds. The van der Waals surface area contributed by atoms with Crippen LogP contribution in [0.25, 0.3) is 10.2 Å². The molecule has 0 aliphatic heterocycles. The topological polar surface area (TPSA) is 68.1 Å². The van der Waals surface area contributed by atoms with E-state index in [1.54, 1.807) is 12.1 Å². The molecule has 0 atom stereocenters. The van der Waals surface area contributed by atoms with Gasteiger partial charge in [0.25, 0.3) is 5.69 Å². The molecule has 0 unspecified atom stereocenters. The fourth-order valence-electron chi connectivity index (χ4n) is 1.57. The van der Waals surface area contributed by atoms with Crippen molar-refractivity contribution in [3.05, 3.63) is 28.3 Å². The second kappa shape index (κ2) is 5.30. The molecular weight excluding hydrogens is 250 g/mol. The molecule has 2 aromatic rings. The Kier molecular flexibility index (Phi) is 3.76. The number of fused-ring (bicyclic) bond motifs is 1. The quantitative estimate of drug-likeness (QED) is 0.661. The van der Waals surface area contributed by atoms with Crippen molar-refractivity contribution in [2.45, 2.75) is 20.3 Å². The number of non-ortho nitro benzene ring substituents is 1. The Morgan fingerprint density at radius 3 is 2.94 bits per heavy atom. The number of nitro benzene ring substituents is 1. The number of nitrogens with one attached hydrogen (secondary N) is 1. The maximum absolute atomic E-state index is 10.7. The van der Waals surface area contributed by atoms with Gasteiger partial charge in [-0.1, -0.05) is 25.2 Å². The predicted octanol–water partition coefficient (Wildman–Crippen LogP) is 3.66. The average Bonchev–Trinajstić information content (AvgIpc) is 2.69. The second-order valence-electron chi connectivity index (χ2n) is 4.54. The molecule has 0 aliphatic carbocycles. The van der Waals surface area contributed by atoms with Crippen LogP contribution in [0.15, 0.2) is 18.2 Å². The lowest BCUT2D eigenvalue weighted by Gasteiger charge is -2.04. The summed E-state index contributed by atoms with van der Waals surface area (Å²) in [5.41, 5.74) is 0.914. The van der Waals surface area contributed by atoms with E-state index in [1.165, 1.54) is 17.4 Å². The molecular formula is C12H15N3O2S. The number of thiazole rings is 1. The highest BCUT2D eigenvalue weighted by Crippen LogP contribution is 2.29. The van der Waals surface area contributed by atoms with Gasteiger partial charge in [-0.2, -0.15) is 0 Å². The molecule has 5 nitrogen and oxygen atoms in total. The van der Waals surface area contributed by atoms with Gasteiger partial charge < -0.3 is 5.32 Å². The molecule has 0 radical (unpaired) electrons. The van der Waals surface area contributed by atoms with Gasteiger partial charge in [-0.25, -0.2) is 4.98 Å².